The largest absolute Gasteiger partial charge is 0.378 e. The predicted molar refractivity (Wildman–Crippen MR) is 133 cm³/mol. The van der Waals surface area contributed by atoms with E-state index in [4.69, 9.17) is 4.74 Å². The zero-order valence-corrected chi connectivity index (χ0v) is 19.8. The normalized spacial score (nSPS) is 18.7. The number of halogens is 2. The molecule has 0 spiro atoms. The third-order valence-corrected chi connectivity index (χ3v) is 7.50. The van der Waals surface area contributed by atoms with E-state index >= 15 is 0 Å². The summed E-state index contributed by atoms with van der Waals surface area (Å²) < 4.78 is 35.6. The average Bonchev–Trinajstić information content (AvgIpc) is 3.53. The highest BCUT2D eigenvalue weighted by atomic mass is 19.3. The van der Waals surface area contributed by atoms with Gasteiger partial charge in [0.2, 0.25) is 6.43 Å². The topological polar surface area (TPSA) is 70.5 Å². The van der Waals surface area contributed by atoms with Gasteiger partial charge >= 0.3 is 0 Å². The molecule has 2 aliphatic rings. The number of benzene rings is 1. The first-order chi connectivity index (χ1) is 17.1. The van der Waals surface area contributed by atoms with Crippen LogP contribution in [0.3, 0.4) is 0 Å². The molecule has 2 fully saturated rings. The SMILES string of the molecule is CC(c1c(-c2cc(N3CCOCC3)c3ncnn3c2)[nH]c2ccc(C3CCNCC3)cc12)C(F)F. The number of nitrogens with one attached hydrogen (secondary N) is 2. The second-order valence-corrected chi connectivity index (χ2v) is 9.61. The van der Waals surface area contributed by atoms with E-state index in [1.807, 2.05) is 6.20 Å². The van der Waals surface area contributed by atoms with E-state index in [2.05, 4.69) is 49.5 Å². The van der Waals surface area contributed by atoms with Gasteiger partial charge in [-0.15, -0.1) is 0 Å². The molecule has 0 aliphatic carbocycles. The van der Waals surface area contributed by atoms with E-state index in [0.29, 0.717) is 24.7 Å². The fourth-order valence-electron chi connectivity index (χ4n) is 5.55. The van der Waals surface area contributed by atoms with Gasteiger partial charge in [-0.3, -0.25) is 0 Å². The molecular weight excluding hydrogens is 450 g/mol. The lowest BCUT2D eigenvalue weighted by Crippen LogP contribution is -2.36. The summed E-state index contributed by atoms with van der Waals surface area (Å²) in [5.74, 6) is -0.464. The Bertz CT molecular complexity index is 1340. The fourth-order valence-corrected chi connectivity index (χ4v) is 5.55. The lowest BCUT2D eigenvalue weighted by atomic mass is 9.88. The lowest BCUT2D eigenvalue weighted by Gasteiger charge is -2.29. The number of hydrogen-bond acceptors (Lipinski definition) is 5. The van der Waals surface area contributed by atoms with Crippen molar-refractivity contribution in [1.82, 2.24) is 24.9 Å². The number of pyridine rings is 1. The van der Waals surface area contributed by atoms with E-state index in [1.165, 1.54) is 11.9 Å². The maximum Gasteiger partial charge on any atom is 0.245 e. The number of alkyl halides is 2. The van der Waals surface area contributed by atoms with Gasteiger partial charge in [0.25, 0.3) is 0 Å². The zero-order chi connectivity index (χ0) is 23.9. The Morgan fingerprint density at radius 3 is 2.69 bits per heavy atom. The maximum atomic E-state index is 14.2. The fraction of sp³-hybridized carbons (Fsp3) is 0.462. The van der Waals surface area contributed by atoms with Gasteiger partial charge in [0.1, 0.15) is 6.33 Å². The molecule has 1 unspecified atom stereocenters. The first kappa shape index (κ1) is 22.4. The Balaban J connectivity index is 1.52. The minimum absolute atomic E-state index is 0.452. The van der Waals surface area contributed by atoms with Gasteiger partial charge in [0, 0.05) is 41.7 Å². The van der Waals surface area contributed by atoms with Crippen molar-refractivity contribution < 1.29 is 13.5 Å². The first-order valence-corrected chi connectivity index (χ1v) is 12.4. The first-order valence-electron chi connectivity index (χ1n) is 12.4. The number of H-pyrrole nitrogens is 1. The summed E-state index contributed by atoms with van der Waals surface area (Å²) in [5.41, 5.74) is 6.02. The number of fused-ring (bicyclic) bond motifs is 2. The number of nitrogens with zero attached hydrogens (tertiary/aromatic N) is 4. The number of hydrogen-bond donors (Lipinski definition) is 2. The van der Waals surface area contributed by atoms with E-state index in [-0.39, 0.29) is 0 Å². The van der Waals surface area contributed by atoms with Crippen molar-refractivity contribution in [2.75, 3.05) is 44.3 Å². The van der Waals surface area contributed by atoms with Crippen LogP contribution in [0, 0.1) is 0 Å². The molecule has 4 aromatic rings. The summed E-state index contributed by atoms with van der Waals surface area (Å²) in [6, 6.07) is 8.38. The van der Waals surface area contributed by atoms with Gasteiger partial charge in [-0.2, -0.15) is 5.10 Å². The molecule has 2 saturated heterocycles. The minimum atomic E-state index is -2.47. The van der Waals surface area contributed by atoms with Crippen molar-refractivity contribution in [2.45, 2.75) is 38.0 Å². The number of aromatic nitrogens is 4. The number of rotatable bonds is 5. The Labute approximate surface area is 202 Å². The smallest absolute Gasteiger partial charge is 0.245 e. The predicted octanol–water partition coefficient (Wildman–Crippen LogP) is 4.55. The molecule has 1 atom stereocenters. The van der Waals surface area contributed by atoms with Crippen molar-refractivity contribution in [3.05, 3.63) is 47.9 Å². The molecule has 1 aromatic carbocycles. The van der Waals surface area contributed by atoms with Crippen LogP contribution in [0.5, 0.6) is 0 Å². The summed E-state index contributed by atoms with van der Waals surface area (Å²) in [6.07, 6.45) is 3.07. The maximum absolute atomic E-state index is 14.2. The number of ether oxygens (including phenoxy) is 1. The van der Waals surface area contributed by atoms with Gasteiger partial charge in [0.05, 0.1) is 24.6 Å². The highest BCUT2D eigenvalue weighted by molar-refractivity contribution is 5.93. The van der Waals surface area contributed by atoms with Crippen LogP contribution in [0.15, 0.2) is 36.8 Å². The molecule has 184 valence electrons. The number of aromatic amines is 1. The highest BCUT2D eigenvalue weighted by Gasteiger charge is 2.27. The second-order valence-electron chi connectivity index (χ2n) is 9.61. The van der Waals surface area contributed by atoms with Crippen LogP contribution in [0.25, 0.3) is 27.8 Å². The van der Waals surface area contributed by atoms with Crippen molar-refractivity contribution in [3.63, 3.8) is 0 Å². The molecule has 0 saturated carbocycles. The molecular formula is C26H30F2N6O. The number of morpholine rings is 1. The molecule has 0 amide bonds. The highest BCUT2D eigenvalue weighted by Crippen LogP contribution is 2.41. The van der Waals surface area contributed by atoms with Gasteiger partial charge in [0.15, 0.2) is 5.65 Å². The van der Waals surface area contributed by atoms with E-state index in [1.54, 1.807) is 11.4 Å². The van der Waals surface area contributed by atoms with Crippen molar-refractivity contribution >= 4 is 22.2 Å². The second kappa shape index (κ2) is 9.20. The van der Waals surface area contributed by atoms with Crippen LogP contribution in [0.4, 0.5) is 14.5 Å². The molecule has 9 heteroatoms. The van der Waals surface area contributed by atoms with E-state index < -0.39 is 12.3 Å². The van der Waals surface area contributed by atoms with Gasteiger partial charge in [-0.05, 0) is 61.2 Å². The van der Waals surface area contributed by atoms with Crippen LogP contribution < -0.4 is 10.2 Å². The molecule has 7 nitrogen and oxygen atoms in total. The van der Waals surface area contributed by atoms with E-state index in [0.717, 1.165) is 72.5 Å². The molecule has 0 bridgehead atoms. The van der Waals surface area contributed by atoms with Crippen molar-refractivity contribution in [1.29, 1.82) is 0 Å². The van der Waals surface area contributed by atoms with Crippen molar-refractivity contribution in [2.24, 2.45) is 0 Å². The molecule has 6 rings (SSSR count). The van der Waals surface area contributed by atoms with Gasteiger partial charge in [-0.25, -0.2) is 18.3 Å². The Morgan fingerprint density at radius 1 is 1.11 bits per heavy atom. The van der Waals surface area contributed by atoms with E-state index in [9.17, 15) is 8.78 Å². The van der Waals surface area contributed by atoms with Gasteiger partial charge < -0.3 is 19.9 Å². The molecule has 5 heterocycles. The van der Waals surface area contributed by atoms with Crippen LogP contribution >= 0.6 is 0 Å². The summed E-state index contributed by atoms with van der Waals surface area (Å²) in [4.78, 5) is 10.2. The summed E-state index contributed by atoms with van der Waals surface area (Å²) in [7, 11) is 0. The molecule has 35 heavy (non-hydrogen) atoms. The Hall–Kier alpha value is -3.04. The van der Waals surface area contributed by atoms with Crippen LogP contribution in [-0.2, 0) is 4.74 Å². The van der Waals surface area contributed by atoms with Crippen molar-refractivity contribution in [3.8, 4) is 11.3 Å². The molecule has 3 aromatic heterocycles. The molecule has 2 N–H and O–H groups in total. The third-order valence-electron chi connectivity index (χ3n) is 7.50. The van der Waals surface area contributed by atoms with Crippen LogP contribution in [0.1, 0.15) is 42.7 Å². The monoisotopic (exact) mass is 480 g/mol. The molecule has 0 radical (unpaired) electrons. The third kappa shape index (κ3) is 4.06. The number of anilines is 1. The number of piperidine rings is 1. The minimum Gasteiger partial charge on any atom is -0.378 e. The molecule has 2 aliphatic heterocycles. The Morgan fingerprint density at radius 2 is 1.91 bits per heavy atom. The van der Waals surface area contributed by atoms with Gasteiger partial charge in [-0.1, -0.05) is 13.0 Å². The lowest BCUT2D eigenvalue weighted by molar-refractivity contribution is 0.122. The zero-order valence-electron chi connectivity index (χ0n) is 19.8. The average molecular weight is 481 g/mol. The van der Waals surface area contributed by atoms with Crippen LogP contribution in [-0.4, -0.2) is 65.4 Å². The standard InChI is InChI=1S/C26H30F2N6O/c1-16(25(27)28)23-20-12-18(17-4-6-29-7-5-17)2-3-21(20)32-24(23)19-13-22(33-8-10-35-11-9-33)26-30-15-31-34(26)14-19/h2-3,12-17,25,29,32H,4-11H2,1H3. The summed E-state index contributed by atoms with van der Waals surface area (Å²) >= 11 is 0. The Kier molecular flexibility index (Phi) is 5.89. The quantitative estimate of drug-likeness (QED) is 0.439. The summed E-state index contributed by atoms with van der Waals surface area (Å²) in [5, 5.41) is 8.67. The summed E-state index contributed by atoms with van der Waals surface area (Å²) in [6.45, 7) is 6.38. The van der Waals surface area contributed by atoms with Crippen LogP contribution in [0.2, 0.25) is 0 Å².